The SMILES string of the molecule is Cc1nc2ccccn2c1CNS(=O)(=O)c1ccc(Cl)c(Cl)c1. The fourth-order valence-electron chi connectivity index (χ4n) is 2.27. The number of pyridine rings is 1. The predicted molar refractivity (Wildman–Crippen MR) is 90.4 cm³/mol. The van der Waals surface area contributed by atoms with E-state index in [9.17, 15) is 8.42 Å². The van der Waals surface area contributed by atoms with Gasteiger partial charge in [-0.15, -0.1) is 0 Å². The summed E-state index contributed by atoms with van der Waals surface area (Å²) in [7, 11) is -3.70. The molecule has 5 nitrogen and oxygen atoms in total. The quantitative estimate of drug-likeness (QED) is 0.765. The predicted octanol–water partition coefficient (Wildman–Crippen LogP) is 3.43. The highest BCUT2D eigenvalue weighted by Crippen LogP contribution is 2.25. The summed E-state index contributed by atoms with van der Waals surface area (Å²) in [5.74, 6) is 0. The van der Waals surface area contributed by atoms with Crippen LogP contribution in [0.15, 0.2) is 47.5 Å². The van der Waals surface area contributed by atoms with Crippen molar-refractivity contribution in [2.75, 3.05) is 0 Å². The first-order valence-electron chi connectivity index (χ1n) is 6.76. The van der Waals surface area contributed by atoms with Gasteiger partial charge in [-0.2, -0.15) is 0 Å². The zero-order chi connectivity index (χ0) is 16.6. The lowest BCUT2D eigenvalue weighted by atomic mass is 10.3. The third-order valence-corrected chi connectivity index (χ3v) is 5.60. The van der Waals surface area contributed by atoms with E-state index in [-0.39, 0.29) is 16.5 Å². The van der Waals surface area contributed by atoms with Crippen LogP contribution >= 0.6 is 23.2 Å². The van der Waals surface area contributed by atoms with Crippen molar-refractivity contribution in [2.24, 2.45) is 0 Å². The van der Waals surface area contributed by atoms with Crippen molar-refractivity contribution >= 4 is 38.9 Å². The van der Waals surface area contributed by atoms with Gasteiger partial charge in [-0.3, -0.25) is 0 Å². The number of fused-ring (bicyclic) bond motifs is 1. The maximum atomic E-state index is 12.4. The summed E-state index contributed by atoms with van der Waals surface area (Å²) in [4.78, 5) is 4.47. The number of hydrogen-bond acceptors (Lipinski definition) is 3. The minimum atomic E-state index is -3.70. The Morgan fingerprint density at radius 3 is 2.70 bits per heavy atom. The number of imidazole rings is 1. The first-order chi connectivity index (χ1) is 10.9. The molecule has 3 aromatic rings. The Morgan fingerprint density at radius 1 is 1.17 bits per heavy atom. The second kappa shape index (κ2) is 6.13. The van der Waals surface area contributed by atoms with Crippen LogP contribution < -0.4 is 4.72 Å². The van der Waals surface area contributed by atoms with E-state index < -0.39 is 10.0 Å². The minimum absolute atomic E-state index is 0.0679. The lowest BCUT2D eigenvalue weighted by molar-refractivity contribution is 0.580. The van der Waals surface area contributed by atoms with Crippen LogP contribution in [0.25, 0.3) is 5.65 Å². The van der Waals surface area contributed by atoms with Crippen molar-refractivity contribution in [1.82, 2.24) is 14.1 Å². The average molecular weight is 370 g/mol. The third-order valence-electron chi connectivity index (χ3n) is 3.46. The number of hydrogen-bond donors (Lipinski definition) is 1. The van der Waals surface area contributed by atoms with Gasteiger partial charge in [0.1, 0.15) is 5.65 Å². The summed E-state index contributed by atoms with van der Waals surface area (Å²) < 4.78 is 29.2. The summed E-state index contributed by atoms with van der Waals surface area (Å²) in [5.41, 5.74) is 2.33. The van der Waals surface area contributed by atoms with Crippen molar-refractivity contribution in [1.29, 1.82) is 0 Å². The summed E-state index contributed by atoms with van der Waals surface area (Å²) in [6, 6.07) is 9.81. The molecule has 120 valence electrons. The fraction of sp³-hybridized carbons (Fsp3) is 0.133. The molecule has 0 fully saturated rings. The molecule has 0 bridgehead atoms. The van der Waals surface area contributed by atoms with E-state index in [1.807, 2.05) is 35.7 Å². The molecule has 23 heavy (non-hydrogen) atoms. The number of halogens is 2. The van der Waals surface area contributed by atoms with Gasteiger partial charge in [0.15, 0.2) is 0 Å². The first kappa shape index (κ1) is 16.3. The van der Waals surface area contributed by atoms with Crippen LogP contribution in [0.4, 0.5) is 0 Å². The monoisotopic (exact) mass is 369 g/mol. The van der Waals surface area contributed by atoms with Crippen LogP contribution in [0.2, 0.25) is 10.0 Å². The normalized spacial score (nSPS) is 12.0. The lowest BCUT2D eigenvalue weighted by Gasteiger charge is -2.08. The molecule has 0 aliphatic rings. The number of rotatable bonds is 4. The smallest absolute Gasteiger partial charge is 0.240 e. The lowest BCUT2D eigenvalue weighted by Crippen LogP contribution is -2.24. The number of nitrogens with zero attached hydrogens (tertiary/aromatic N) is 2. The molecule has 0 saturated carbocycles. The van der Waals surface area contributed by atoms with Crippen molar-refractivity contribution in [3.8, 4) is 0 Å². The van der Waals surface area contributed by atoms with Gasteiger partial charge in [0.25, 0.3) is 0 Å². The number of sulfonamides is 1. The van der Waals surface area contributed by atoms with Gasteiger partial charge in [-0.25, -0.2) is 18.1 Å². The van der Waals surface area contributed by atoms with E-state index in [4.69, 9.17) is 23.2 Å². The molecule has 0 saturated heterocycles. The maximum absolute atomic E-state index is 12.4. The molecule has 0 atom stereocenters. The summed E-state index contributed by atoms with van der Waals surface area (Å²) in [5, 5.41) is 0.503. The summed E-state index contributed by atoms with van der Waals surface area (Å²) in [6.45, 7) is 1.97. The molecule has 0 unspecified atom stereocenters. The van der Waals surface area contributed by atoms with E-state index in [2.05, 4.69) is 9.71 Å². The van der Waals surface area contributed by atoms with E-state index in [1.165, 1.54) is 18.2 Å². The number of aromatic nitrogens is 2. The Morgan fingerprint density at radius 2 is 1.96 bits per heavy atom. The zero-order valence-corrected chi connectivity index (χ0v) is 14.5. The molecular formula is C15H13Cl2N3O2S. The topological polar surface area (TPSA) is 63.5 Å². The number of aryl methyl sites for hydroxylation is 1. The molecule has 0 radical (unpaired) electrons. The van der Waals surface area contributed by atoms with E-state index in [1.54, 1.807) is 0 Å². The molecule has 3 rings (SSSR count). The van der Waals surface area contributed by atoms with Gasteiger partial charge in [-0.1, -0.05) is 29.3 Å². The van der Waals surface area contributed by atoms with Crippen LogP contribution in [0.3, 0.4) is 0 Å². The van der Waals surface area contributed by atoms with Crippen LogP contribution in [-0.4, -0.2) is 17.8 Å². The highest BCUT2D eigenvalue weighted by atomic mass is 35.5. The number of benzene rings is 1. The molecule has 1 aromatic carbocycles. The van der Waals surface area contributed by atoms with Gasteiger partial charge in [-0.05, 0) is 37.3 Å². The highest BCUT2D eigenvalue weighted by Gasteiger charge is 2.17. The van der Waals surface area contributed by atoms with Crippen LogP contribution in [0.1, 0.15) is 11.4 Å². The zero-order valence-electron chi connectivity index (χ0n) is 12.1. The van der Waals surface area contributed by atoms with Gasteiger partial charge in [0, 0.05) is 6.20 Å². The van der Waals surface area contributed by atoms with E-state index >= 15 is 0 Å². The second-order valence-corrected chi connectivity index (χ2v) is 7.55. The van der Waals surface area contributed by atoms with Crippen molar-refractivity contribution in [3.63, 3.8) is 0 Å². The van der Waals surface area contributed by atoms with Gasteiger partial charge >= 0.3 is 0 Å². The molecule has 2 aromatic heterocycles. The average Bonchev–Trinajstić information content (AvgIpc) is 2.83. The summed E-state index contributed by atoms with van der Waals surface area (Å²) >= 11 is 11.7. The molecule has 1 N–H and O–H groups in total. The third kappa shape index (κ3) is 3.21. The molecule has 0 amide bonds. The standard InChI is InChI=1S/C15H13Cl2N3O2S/c1-10-14(20-7-3-2-4-15(20)19-10)9-18-23(21,22)11-5-6-12(16)13(17)8-11/h2-8,18H,9H2,1H3. The Balaban J connectivity index is 1.89. The Labute approximate surface area is 143 Å². The number of nitrogens with one attached hydrogen (secondary N) is 1. The Hall–Kier alpha value is -1.60. The van der Waals surface area contributed by atoms with E-state index in [0.29, 0.717) is 5.02 Å². The fourth-order valence-corrected chi connectivity index (χ4v) is 3.64. The van der Waals surface area contributed by atoms with Gasteiger partial charge in [0.2, 0.25) is 10.0 Å². The van der Waals surface area contributed by atoms with Crippen LogP contribution in [-0.2, 0) is 16.6 Å². The van der Waals surface area contributed by atoms with Gasteiger partial charge < -0.3 is 4.40 Å². The van der Waals surface area contributed by atoms with Gasteiger partial charge in [0.05, 0.1) is 32.9 Å². The maximum Gasteiger partial charge on any atom is 0.240 e. The van der Waals surface area contributed by atoms with Crippen molar-refractivity contribution in [3.05, 3.63) is 64.0 Å². The van der Waals surface area contributed by atoms with Crippen LogP contribution in [0.5, 0.6) is 0 Å². The molecule has 2 heterocycles. The Kier molecular flexibility index (Phi) is 4.33. The Bertz CT molecular complexity index is 984. The molecule has 0 aliphatic carbocycles. The minimum Gasteiger partial charge on any atom is -0.302 e. The first-order valence-corrected chi connectivity index (χ1v) is 9.00. The molecule has 0 aliphatic heterocycles. The van der Waals surface area contributed by atoms with Crippen LogP contribution in [0, 0.1) is 6.92 Å². The summed E-state index contributed by atoms with van der Waals surface area (Å²) in [6.07, 6.45) is 1.85. The molecular weight excluding hydrogens is 357 g/mol. The second-order valence-electron chi connectivity index (χ2n) is 4.97. The molecule has 8 heteroatoms. The van der Waals surface area contributed by atoms with E-state index in [0.717, 1.165) is 17.0 Å². The largest absolute Gasteiger partial charge is 0.302 e. The van der Waals surface area contributed by atoms with Crippen molar-refractivity contribution < 1.29 is 8.42 Å². The molecule has 0 spiro atoms. The highest BCUT2D eigenvalue weighted by molar-refractivity contribution is 7.89. The van der Waals surface area contributed by atoms with Crippen molar-refractivity contribution in [2.45, 2.75) is 18.4 Å².